The van der Waals surface area contributed by atoms with Gasteiger partial charge in [0.15, 0.2) is 0 Å². The van der Waals surface area contributed by atoms with Crippen LogP contribution >= 0.6 is 11.3 Å². The number of nitrogens with one attached hydrogen (secondary N) is 3. The average molecular weight is 685 g/mol. The molecule has 0 radical (unpaired) electrons. The van der Waals surface area contributed by atoms with E-state index in [0.717, 1.165) is 38.5 Å². The SMILES string of the molecule is C[C@H](C(=O)C1C[C@@H]2OC(C)(C)C[C@@H]2[C@H]1C(=O)NC(CC1CC1)C(=O)C(=O)NCC(=O)N[C@H](C(=O)N(C)C)c1cccs1)C1CCCCC1. The highest BCUT2D eigenvalue weighted by Gasteiger charge is 2.57. The van der Waals surface area contributed by atoms with Gasteiger partial charge >= 0.3 is 0 Å². The van der Waals surface area contributed by atoms with Gasteiger partial charge in [0.2, 0.25) is 23.5 Å². The van der Waals surface area contributed by atoms with Gasteiger partial charge in [-0.05, 0) is 69.2 Å². The summed E-state index contributed by atoms with van der Waals surface area (Å²) in [6.45, 7) is 5.50. The summed E-state index contributed by atoms with van der Waals surface area (Å²) < 4.78 is 6.33. The zero-order chi connectivity index (χ0) is 34.7. The Morgan fingerprint density at radius 2 is 1.73 bits per heavy atom. The van der Waals surface area contributed by atoms with Crippen LogP contribution in [-0.4, -0.2) is 78.5 Å². The van der Waals surface area contributed by atoms with Crippen molar-refractivity contribution in [3.05, 3.63) is 22.4 Å². The molecule has 264 valence electrons. The van der Waals surface area contributed by atoms with Crippen LogP contribution in [0.2, 0.25) is 0 Å². The second-order valence-corrected chi connectivity index (χ2v) is 16.3. The van der Waals surface area contributed by atoms with E-state index < -0.39 is 53.7 Å². The van der Waals surface area contributed by atoms with Crippen molar-refractivity contribution in [1.29, 1.82) is 0 Å². The summed E-state index contributed by atoms with van der Waals surface area (Å²) in [6.07, 6.45) is 8.54. The van der Waals surface area contributed by atoms with Crippen molar-refractivity contribution >= 4 is 46.5 Å². The zero-order valence-corrected chi connectivity index (χ0v) is 29.7. The lowest BCUT2D eigenvalue weighted by Crippen LogP contribution is -2.52. The van der Waals surface area contributed by atoms with Crippen LogP contribution in [0.3, 0.4) is 0 Å². The molecule has 1 aliphatic heterocycles. The minimum Gasteiger partial charge on any atom is -0.372 e. The van der Waals surface area contributed by atoms with Crippen molar-refractivity contribution in [1.82, 2.24) is 20.9 Å². The predicted molar refractivity (Wildman–Crippen MR) is 181 cm³/mol. The highest BCUT2D eigenvalue weighted by molar-refractivity contribution is 7.10. The molecule has 4 aliphatic rings. The number of hydrogen-bond donors (Lipinski definition) is 3. The number of amides is 4. The van der Waals surface area contributed by atoms with Crippen LogP contribution in [0.5, 0.6) is 0 Å². The summed E-state index contributed by atoms with van der Waals surface area (Å²) in [5, 5.41) is 9.76. The van der Waals surface area contributed by atoms with Crippen molar-refractivity contribution in [3.8, 4) is 0 Å². The summed E-state index contributed by atoms with van der Waals surface area (Å²) in [6, 6.07) is 1.53. The molecule has 0 bridgehead atoms. The molecule has 48 heavy (non-hydrogen) atoms. The van der Waals surface area contributed by atoms with Crippen molar-refractivity contribution in [2.24, 2.45) is 35.5 Å². The first-order valence-corrected chi connectivity index (χ1v) is 18.5. The summed E-state index contributed by atoms with van der Waals surface area (Å²) in [7, 11) is 3.18. The number of carbonyl (C=O) groups is 6. The van der Waals surface area contributed by atoms with E-state index >= 15 is 0 Å². The van der Waals surface area contributed by atoms with Gasteiger partial charge < -0.3 is 25.6 Å². The minimum absolute atomic E-state index is 0.111. The molecule has 12 heteroatoms. The molecule has 1 saturated heterocycles. The number of likely N-dealkylation sites (N-methyl/N-ethyl adjacent to an activating group) is 1. The van der Waals surface area contributed by atoms with Crippen molar-refractivity contribution in [2.75, 3.05) is 20.6 Å². The molecule has 3 aliphatic carbocycles. The number of nitrogens with zero attached hydrogens (tertiary/aromatic N) is 1. The summed E-state index contributed by atoms with van der Waals surface area (Å²) >= 11 is 1.32. The number of rotatable bonds is 14. The lowest BCUT2D eigenvalue weighted by atomic mass is 9.73. The van der Waals surface area contributed by atoms with Crippen LogP contribution in [0.25, 0.3) is 0 Å². The number of carbonyl (C=O) groups excluding carboxylic acids is 6. The monoisotopic (exact) mass is 684 g/mol. The summed E-state index contributed by atoms with van der Waals surface area (Å²) in [4.78, 5) is 82.4. The first-order valence-electron chi connectivity index (χ1n) is 17.6. The lowest BCUT2D eigenvalue weighted by molar-refractivity contribution is -0.142. The maximum atomic E-state index is 14.2. The third-order valence-electron chi connectivity index (χ3n) is 10.9. The molecule has 3 saturated carbocycles. The highest BCUT2D eigenvalue weighted by atomic mass is 32.1. The normalized spacial score (nSPS) is 26.9. The molecule has 1 aromatic heterocycles. The van der Waals surface area contributed by atoms with Gasteiger partial charge in [0.05, 0.1) is 30.2 Å². The van der Waals surface area contributed by atoms with E-state index in [0.29, 0.717) is 30.1 Å². The fourth-order valence-corrected chi connectivity index (χ4v) is 8.94. The molecule has 4 amide bonds. The van der Waals surface area contributed by atoms with Gasteiger partial charge in [0.25, 0.3) is 5.91 Å². The van der Waals surface area contributed by atoms with Crippen LogP contribution in [0.4, 0.5) is 0 Å². The van der Waals surface area contributed by atoms with E-state index in [1.165, 1.54) is 22.7 Å². The van der Waals surface area contributed by atoms with Gasteiger partial charge in [-0.15, -0.1) is 11.3 Å². The number of ketones is 2. The van der Waals surface area contributed by atoms with E-state index in [2.05, 4.69) is 16.0 Å². The fourth-order valence-electron chi connectivity index (χ4n) is 8.17. The second kappa shape index (κ2) is 15.2. The van der Waals surface area contributed by atoms with Gasteiger partial charge in [-0.25, -0.2) is 0 Å². The smallest absolute Gasteiger partial charge is 0.290 e. The Morgan fingerprint density at radius 3 is 2.35 bits per heavy atom. The Hall–Kier alpha value is -3.12. The molecule has 5 rings (SSSR count). The van der Waals surface area contributed by atoms with E-state index in [1.807, 2.05) is 20.8 Å². The van der Waals surface area contributed by atoms with E-state index in [1.54, 1.807) is 31.6 Å². The minimum atomic E-state index is -1.07. The molecule has 11 nitrogen and oxygen atoms in total. The third kappa shape index (κ3) is 8.53. The topological polar surface area (TPSA) is 151 Å². The van der Waals surface area contributed by atoms with E-state index in [-0.39, 0.29) is 41.5 Å². The average Bonchev–Trinajstić information content (AvgIpc) is 3.43. The van der Waals surface area contributed by atoms with Crippen LogP contribution in [0, 0.1) is 35.5 Å². The maximum Gasteiger partial charge on any atom is 0.290 e. The standard InChI is InChI=1S/C36H52N4O7S/c1-20(22-10-7-6-8-11-22)31(42)23-17-26-24(18-36(2,3)47-26)29(23)33(44)38-25(16-21-13-14-21)32(43)34(45)37-19-28(41)39-30(35(46)40(4)5)27-12-9-15-48-27/h9,12,15,20-26,29-30H,6-8,10-11,13-14,16-19H2,1-5H3,(H,37,45)(H,38,44)(H,39,41)/t20-,23?,24-,25?,26-,29-,30-/m0/s1. The summed E-state index contributed by atoms with van der Waals surface area (Å²) in [5.74, 6) is -3.90. The molecular formula is C36H52N4O7S. The zero-order valence-electron chi connectivity index (χ0n) is 28.9. The van der Waals surface area contributed by atoms with E-state index in [9.17, 15) is 28.8 Å². The number of hydrogen-bond acceptors (Lipinski definition) is 8. The van der Waals surface area contributed by atoms with Crippen LogP contribution < -0.4 is 16.0 Å². The second-order valence-electron chi connectivity index (χ2n) is 15.3. The molecule has 3 N–H and O–H groups in total. The van der Waals surface area contributed by atoms with Crippen LogP contribution in [0.15, 0.2) is 17.5 Å². The molecule has 7 atom stereocenters. The fraction of sp³-hybridized carbons (Fsp3) is 0.722. The van der Waals surface area contributed by atoms with Gasteiger partial charge in [-0.2, -0.15) is 0 Å². The molecule has 2 unspecified atom stereocenters. The van der Waals surface area contributed by atoms with Gasteiger partial charge in [-0.3, -0.25) is 28.8 Å². The lowest BCUT2D eigenvalue weighted by Gasteiger charge is -2.32. The number of ether oxygens (including phenoxy) is 1. The van der Waals surface area contributed by atoms with E-state index in [4.69, 9.17) is 4.74 Å². The Balaban J connectivity index is 1.25. The van der Waals surface area contributed by atoms with Crippen LogP contribution in [-0.2, 0) is 33.5 Å². The Morgan fingerprint density at radius 1 is 1.02 bits per heavy atom. The third-order valence-corrected chi connectivity index (χ3v) is 11.8. The highest BCUT2D eigenvalue weighted by Crippen LogP contribution is 2.51. The van der Waals surface area contributed by atoms with Crippen molar-refractivity contribution in [3.63, 3.8) is 0 Å². The molecule has 4 fully saturated rings. The van der Waals surface area contributed by atoms with Gasteiger partial charge in [0, 0.05) is 36.7 Å². The Kier molecular flexibility index (Phi) is 11.4. The summed E-state index contributed by atoms with van der Waals surface area (Å²) in [5.41, 5.74) is -0.416. The first-order chi connectivity index (χ1) is 22.8. The number of thiophene rings is 1. The van der Waals surface area contributed by atoms with Crippen molar-refractivity contribution < 1.29 is 33.5 Å². The maximum absolute atomic E-state index is 14.2. The molecule has 1 aromatic rings. The van der Waals surface area contributed by atoms with Crippen LogP contribution in [0.1, 0.15) is 95.9 Å². The quantitative estimate of drug-likeness (QED) is 0.254. The molecule has 2 heterocycles. The van der Waals surface area contributed by atoms with Gasteiger partial charge in [-0.1, -0.05) is 45.1 Å². The molecule has 0 aromatic carbocycles. The largest absolute Gasteiger partial charge is 0.372 e. The molecule has 0 spiro atoms. The number of Topliss-reactive ketones (excluding diaryl/α,β-unsaturated/α-hetero) is 2. The first kappa shape index (κ1) is 36.2. The van der Waals surface area contributed by atoms with Crippen molar-refractivity contribution in [2.45, 2.75) is 109 Å². The van der Waals surface area contributed by atoms with Gasteiger partial charge in [0.1, 0.15) is 11.8 Å². The molecular weight excluding hydrogens is 632 g/mol. The number of fused-ring (bicyclic) bond motifs is 1. The predicted octanol–water partition coefficient (Wildman–Crippen LogP) is 3.57. The Labute approximate surface area is 287 Å². The Bertz CT molecular complexity index is 1370.